The van der Waals surface area contributed by atoms with E-state index in [1.807, 2.05) is 18.2 Å². The van der Waals surface area contributed by atoms with Gasteiger partial charge in [-0.1, -0.05) is 70.5 Å². The molecule has 3 nitrogen and oxygen atoms in total. The Labute approximate surface area is 241 Å². The molecule has 0 spiro atoms. The van der Waals surface area contributed by atoms with Gasteiger partial charge in [0.2, 0.25) is 0 Å². The topological polar surface area (TPSA) is 9.72 Å². The van der Waals surface area contributed by atoms with Gasteiger partial charge in [0.1, 0.15) is 0 Å². The second kappa shape index (κ2) is 10.3. The van der Waals surface area contributed by atoms with E-state index in [1.54, 1.807) is 23.5 Å². The summed E-state index contributed by atoms with van der Waals surface area (Å²) in [7, 11) is 4.21. The van der Waals surface area contributed by atoms with Crippen molar-refractivity contribution in [3.8, 4) is 0 Å². The summed E-state index contributed by atoms with van der Waals surface area (Å²) in [6.07, 6.45) is 1.02. The SMILES string of the molecule is CN(C)CCCN1c2cc(Cl)ccc2Sc2cc(N3c4ccccc4Sc4ccc(Cl)cc43)c(Cl)cc21. The largest absolute Gasteiger partial charge is 0.340 e. The Morgan fingerprint density at radius 2 is 1.27 bits per heavy atom. The smallest absolute Gasteiger partial charge is 0.0668 e. The Bertz CT molecular complexity index is 1510. The van der Waals surface area contributed by atoms with E-state index in [4.69, 9.17) is 34.8 Å². The quantitative estimate of drug-likeness (QED) is 0.203. The van der Waals surface area contributed by atoms with Crippen molar-refractivity contribution in [2.75, 3.05) is 37.0 Å². The van der Waals surface area contributed by atoms with Crippen molar-refractivity contribution in [3.05, 3.63) is 87.9 Å². The van der Waals surface area contributed by atoms with Crippen molar-refractivity contribution < 1.29 is 0 Å². The van der Waals surface area contributed by atoms with Crippen molar-refractivity contribution in [2.45, 2.75) is 26.0 Å². The third-order valence-electron chi connectivity index (χ3n) is 6.47. The fraction of sp³-hybridized carbons (Fsp3) is 0.172. The molecule has 8 heteroatoms. The summed E-state index contributed by atoms with van der Waals surface area (Å²) in [6.45, 7) is 1.87. The minimum Gasteiger partial charge on any atom is -0.340 e. The molecule has 0 bridgehead atoms. The maximum Gasteiger partial charge on any atom is 0.0668 e. The molecule has 2 aliphatic heterocycles. The zero-order chi connectivity index (χ0) is 25.7. The molecule has 0 atom stereocenters. The van der Waals surface area contributed by atoms with Crippen molar-refractivity contribution >= 4 is 86.8 Å². The molecular formula is C29H24Cl3N3S2. The summed E-state index contributed by atoms with van der Waals surface area (Å²) in [5, 5.41) is 2.12. The molecule has 0 N–H and O–H groups in total. The summed E-state index contributed by atoms with van der Waals surface area (Å²) in [6, 6.07) is 24.9. The highest BCUT2D eigenvalue weighted by Gasteiger charge is 2.30. The number of halogens is 3. The molecule has 6 rings (SSSR count). The Morgan fingerprint density at radius 1 is 0.649 bits per heavy atom. The van der Waals surface area contributed by atoms with Crippen molar-refractivity contribution in [1.29, 1.82) is 0 Å². The van der Waals surface area contributed by atoms with Gasteiger partial charge in [-0.2, -0.15) is 0 Å². The maximum absolute atomic E-state index is 7.12. The average Bonchev–Trinajstić information content (AvgIpc) is 2.87. The maximum atomic E-state index is 7.12. The first-order valence-electron chi connectivity index (χ1n) is 12.0. The van der Waals surface area contributed by atoms with Crippen LogP contribution in [0.3, 0.4) is 0 Å². The first-order valence-corrected chi connectivity index (χ1v) is 14.8. The fourth-order valence-electron chi connectivity index (χ4n) is 4.81. The van der Waals surface area contributed by atoms with E-state index in [2.05, 4.69) is 83.4 Å². The van der Waals surface area contributed by atoms with Crippen LogP contribution in [0.4, 0.5) is 28.4 Å². The Hall–Kier alpha value is -1.99. The molecule has 37 heavy (non-hydrogen) atoms. The molecule has 0 fully saturated rings. The van der Waals surface area contributed by atoms with Gasteiger partial charge in [-0.3, -0.25) is 0 Å². The van der Waals surface area contributed by atoms with Crippen LogP contribution in [0.5, 0.6) is 0 Å². The summed E-state index contributed by atoms with van der Waals surface area (Å²) in [5.74, 6) is 0. The normalized spacial score (nSPS) is 13.8. The number of nitrogens with zero attached hydrogens (tertiary/aromatic N) is 3. The predicted molar refractivity (Wildman–Crippen MR) is 161 cm³/mol. The van der Waals surface area contributed by atoms with Gasteiger partial charge in [0.15, 0.2) is 0 Å². The van der Waals surface area contributed by atoms with Crippen LogP contribution in [0, 0.1) is 0 Å². The van der Waals surface area contributed by atoms with E-state index < -0.39 is 0 Å². The second-order valence-electron chi connectivity index (χ2n) is 9.31. The standard InChI is InChI=1S/C29H24Cl3N3S2/c1-33(2)12-5-13-34-23-14-18(30)8-10-27(23)37-29-17-22(20(32)16-24(29)34)35-21-6-3-4-7-26(21)36-28-11-9-19(31)15-25(28)35/h3-4,6-11,14-17H,5,12-13H2,1-2H3. The minimum absolute atomic E-state index is 0.690. The molecule has 2 heterocycles. The number of hydrogen-bond donors (Lipinski definition) is 0. The number of hydrogen-bond acceptors (Lipinski definition) is 5. The third-order valence-corrected chi connectivity index (χ3v) is 9.48. The second-order valence-corrected chi connectivity index (χ2v) is 12.8. The van der Waals surface area contributed by atoms with Gasteiger partial charge in [0, 0.05) is 36.2 Å². The zero-order valence-electron chi connectivity index (χ0n) is 20.3. The third kappa shape index (κ3) is 4.82. The van der Waals surface area contributed by atoms with E-state index in [9.17, 15) is 0 Å². The van der Waals surface area contributed by atoms with E-state index in [-0.39, 0.29) is 0 Å². The fourth-order valence-corrected chi connectivity index (χ4v) is 7.51. The van der Waals surface area contributed by atoms with Crippen LogP contribution >= 0.6 is 58.3 Å². The van der Waals surface area contributed by atoms with Gasteiger partial charge in [0.25, 0.3) is 0 Å². The van der Waals surface area contributed by atoms with Crippen molar-refractivity contribution in [1.82, 2.24) is 4.90 Å². The number of fused-ring (bicyclic) bond motifs is 4. The lowest BCUT2D eigenvalue weighted by atomic mass is 10.1. The van der Waals surface area contributed by atoms with Crippen LogP contribution in [0.25, 0.3) is 0 Å². The summed E-state index contributed by atoms with van der Waals surface area (Å²) in [5.41, 5.74) is 5.31. The molecule has 4 aromatic rings. The van der Waals surface area contributed by atoms with E-state index >= 15 is 0 Å². The first kappa shape index (κ1) is 25.3. The lowest BCUT2D eigenvalue weighted by Gasteiger charge is -2.37. The summed E-state index contributed by atoms with van der Waals surface area (Å²) >= 11 is 23.5. The molecule has 0 saturated carbocycles. The van der Waals surface area contributed by atoms with Crippen LogP contribution in [0.1, 0.15) is 6.42 Å². The molecule has 0 amide bonds. The van der Waals surface area contributed by atoms with Crippen LogP contribution < -0.4 is 9.80 Å². The lowest BCUT2D eigenvalue weighted by molar-refractivity contribution is 0.402. The molecule has 2 aliphatic rings. The number of anilines is 5. The molecule has 0 aliphatic carbocycles. The van der Waals surface area contributed by atoms with Crippen LogP contribution in [-0.4, -0.2) is 32.1 Å². The van der Waals surface area contributed by atoms with Crippen LogP contribution in [-0.2, 0) is 0 Å². The number of para-hydroxylation sites is 1. The van der Waals surface area contributed by atoms with Gasteiger partial charge in [-0.15, -0.1) is 0 Å². The number of benzene rings is 4. The van der Waals surface area contributed by atoms with Crippen molar-refractivity contribution in [3.63, 3.8) is 0 Å². The van der Waals surface area contributed by atoms with Crippen LogP contribution in [0.15, 0.2) is 92.4 Å². The van der Waals surface area contributed by atoms with Gasteiger partial charge < -0.3 is 14.7 Å². The number of rotatable bonds is 5. The molecule has 4 aromatic carbocycles. The molecular weight excluding hydrogens is 561 g/mol. The molecule has 0 unspecified atom stereocenters. The highest BCUT2D eigenvalue weighted by molar-refractivity contribution is 8.00. The van der Waals surface area contributed by atoms with Gasteiger partial charge in [-0.25, -0.2) is 0 Å². The lowest BCUT2D eigenvalue weighted by Crippen LogP contribution is -2.25. The van der Waals surface area contributed by atoms with Crippen molar-refractivity contribution in [2.24, 2.45) is 0 Å². The van der Waals surface area contributed by atoms with E-state index in [0.717, 1.165) is 57.9 Å². The summed E-state index contributed by atoms with van der Waals surface area (Å²) in [4.78, 5) is 11.5. The van der Waals surface area contributed by atoms with E-state index in [1.165, 1.54) is 14.7 Å². The van der Waals surface area contributed by atoms with Gasteiger partial charge >= 0.3 is 0 Å². The molecule has 0 radical (unpaired) electrons. The Balaban J connectivity index is 1.49. The summed E-state index contributed by atoms with van der Waals surface area (Å²) < 4.78 is 0. The highest BCUT2D eigenvalue weighted by Crippen LogP contribution is 2.56. The highest BCUT2D eigenvalue weighted by atomic mass is 35.5. The van der Waals surface area contributed by atoms with Crippen LogP contribution in [0.2, 0.25) is 15.1 Å². The molecule has 0 aromatic heterocycles. The Kier molecular flexibility index (Phi) is 7.04. The first-order chi connectivity index (χ1) is 17.9. The van der Waals surface area contributed by atoms with E-state index in [0.29, 0.717) is 10.0 Å². The zero-order valence-corrected chi connectivity index (χ0v) is 24.2. The minimum atomic E-state index is 0.690. The molecule has 188 valence electrons. The van der Waals surface area contributed by atoms with Gasteiger partial charge in [0.05, 0.1) is 33.5 Å². The molecule has 0 saturated heterocycles. The van der Waals surface area contributed by atoms with Gasteiger partial charge in [-0.05, 0) is 87.7 Å². The monoisotopic (exact) mass is 583 g/mol. The average molecular weight is 585 g/mol. The predicted octanol–water partition coefficient (Wildman–Crippen LogP) is 10.1. The Morgan fingerprint density at radius 3 is 2.03 bits per heavy atom.